The van der Waals surface area contributed by atoms with Crippen LogP contribution in [0.5, 0.6) is 0 Å². The van der Waals surface area contributed by atoms with Crippen LogP contribution in [0.2, 0.25) is 0 Å². The summed E-state index contributed by atoms with van der Waals surface area (Å²) >= 11 is 0. The van der Waals surface area contributed by atoms with E-state index in [1.165, 1.54) is 0 Å². The lowest BCUT2D eigenvalue weighted by Gasteiger charge is -2.21. The lowest BCUT2D eigenvalue weighted by molar-refractivity contribution is -0.117. The number of carbonyl (C=O) groups excluding carboxylic acids is 1. The highest BCUT2D eigenvalue weighted by molar-refractivity contribution is 5.94. The van der Waals surface area contributed by atoms with Crippen molar-refractivity contribution in [3.63, 3.8) is 0 Å². The van der Waals surface area contributed by atoms with Crippen molar-refractivity contribution >= 4 is 22.5 Å². The summed E-state index contributed by atoms with van der Waals surface area (Å²) in [6.45, 7) is 1.35. The summed E-state index contributed by atoms with van der Waals surface area (Å²) in [5.74, 6) is -0.0906. The molecule has 0 bridgehead atoms. The maximum atomic E-state index is 12.7. The van der Waals surface area contributed by atoms with Gasteiger partial charge in [-0.2, -0.15) is 0 Å². The molecule has 144 valence electrons. The molecule has 1 aromatic carbocycles. The molecule has 0 spiro atoms. The van der Waals surface area contributed by atoms with E-state index in [0.717, 1.165) is 28.0 Å². The maximum Gasteiger partial charge on any atom is 0.238 e. The fraction of sp³-hybridized carbons (Fsp3) is 0.130. The maximum absolute atomic E-state index is 12.7. The van der Waals surface area contributed by atoms with Crippen LogP contribution in [0.4, 0.5) is 5.69 Å². The molecule has 6 heteroatoms. The Morgan fingerprint density at radius 1 is 0.793 bits per heavy atom. The molecule has 1 amide bonds. The summed E-state index contributed by atoms with van der Waals surface area (Å²) in [6.07, 6.45) is 5.27. The Hall–Kier alpha value is -3.64. The number of hydrogen-bond acceptors (Lipinski definition) is 5. The van der Waals surface area contributed by atoms with Crippen LogP contribution < -0.4 is 5.32 Å². The highest BCUT2D eigenvalue weighted by Gasteiger charge is 2.14. The first kappa shape index (κ1) is 18.7. The molecule has 29 heavy (non-hydrogen) atoms. The Morgan fingerprint density at radius 3 is 2.14 bits per heavy atom. The number of rotatable bonds is 7. The summed E-state index contributed by atoms with van der Waals surface area (Å²) < 4.78 is 0. The minimum absolute atomic E-state index is 0.0906. The van der Waals surface area contributed by atoms with Crippen molar-refractivity contribution < 1.29 is 4.79 Å². The number of carbonyl (C=O) groups is 1. The molecule has 0 unspecified atom stereocenters. The van der Waals surface area contributed by atoms with Crippen molar-refractivity contribution in [3.05, 3.63) is 96.7 Å². The Labute approximate surface area is 169 Å². The molecular weight excluding hydrogens is 362 g/mol. The van der Waals surface area contributed by atoms with Crippen LogP contribution in [0.15, 0.2) is 85.3 Å². The van der Waals surface area contributed by atoms with E-state index in [0.29, 0.717) is 13.1 Å². The number of amides is 1. The van der Waals surface area contributed by atoms with Gasteiger partial charge in [-0.15, -0.1) is 0 Å². The zero-order chi connectivity index (χ0) is 19.9. The van der Waals surface area contributed by atoms with Crippen molar-refractivity contribution in [2.45, 2.75) is 13.1 Å². The van der Waals surface area contributed by atoms with E-state index in [1.54, 1.807) is 18.6 Å². The normalized spacial score (nSPS) is 10.9. The molecule has 1 N–H and O–H groups in total. The van der Waals surface area contributed by atoms with E-state index in [9.17, 15) is 4.79 Å². The van der Waals surface area contributed by atoms with Crippen LogP contribution in [0.3, 0.4) is 0 Å². The van der Waals surface area contributed by atoms with Crippen molar-refractivity contribution in [1.29, 1.82) is 0 Å². The highest BCUT2D eigenvalue weighted by atomic mass is 16.2. The van der Waals surface area contributed by atoms with Gasteiger partial charge in [-0.1, -0.05) is 24.3 Å². The van der Waals surface area contributed by atoms with E-state index >= 15 is 0 Å². The van der Waals surface area contributed by atoms with Gasteiger partial charge in [0, 0.05) is 42.8 Å². The molecule has 4 rings (SSSR count). The van der Waals surface area contributed by atoms with Gasteiger partial charge >= 0.3 is 0 Å². The second-order valence-corrected chi connectivity index (χ2v) is 6.75. The van der Waals surface area contributed by atoms with Gasteiger partial charge in [0.15, 0.2) is 0 Å². The molecule has 0 atom stereocenters. The quantitative estimate of drug-likeness (QED) is 0.527. The minimum atomic E-state index is -0.0906. The largest absolute Gasteiger partial charge is 0.325 e. The first-order valence-corrected chi connectivity index (χ1v) is 9.43. The van der Waals surface area contributed by atoms with Gasteiger partial charge in [-0.3, -0.25) is 24.6 Å². The second-order valence-electron chi connectivity index (χ2n) is 6.75. The first-order chi connectivity index (χ1) is 14.3. The lowest BCUT2D eigenvalue weighted by Crippen LogP contribution is -2.33. The van der Waals surface area contributed by atoms with Gasteiger partial charge in [0.1, 0.15) is 0 Å². The first-order valence-electron chi connectivity index (χ1n) is 9.43. The van der Waals surface area contributed by atoms with Crippen molar-refractivity contribution in [1.82, 2.24) is 19.9 Å². The molecule has 0 saturated heterocycles. The fourth-order valence-corrected chi connectivity index (χ4v) is 3.16. The third-order valence-electron chi connectivity index (χ3n) is 4.48. The van der Waals surface area contributed by atoms with Crippen LogP contribution in [0, 0.1) is 0 Å². The van der Waals surface area contributed by atoms with E-state index in [4.69, 9.17) is 0 Å². The third-order valence-corrected chi connectivity index (χ3v) is 4.48. The van der Waals surface area contributed by atoms with Gasteiger partial charge < -0.3 is 5.32 Å². The average Bonchev–Trinajstić information content (AvgIpc) is 2.75. The molecule has 3 heterocycles. The fourth-order valence-electron chi connectivity index (χ4n) is 3.16. The molecule has 4 aromatic rings. The number of fused-ring (bicyclic) bond motifs is 1. The molecule has 6 nitrogen and oxygen atoms in total. The summed E-state index contributed by atoms with van der Waals surface area (Å²) in [5, 5.41) is 4.01. The van der Waals surface area contributed by atoms with E-state index in [1.807, 2.05) is 71.6 Å². The predicted octanol–water partition coefficient (Wildman–Crippen LogP) is 3.67. The number of aromatic nitrogens is 3. The topological polar surface area (TPSA) is 71.0 Å². The standard InChI is InChI=1S/C23H21N5O/c29-23(27-19-10-9-18-6-5-13-26-22(18)14-19)17-28(15-20-7-1-3-11-24-20)16-21-8-2-4-12-25-21/h1-14H,15-17H2,(H,27,29). The predicted molar refractivity (Wildman–Crippen MR) is 113 cm³/mol. The lowest BCUT2D eigenvalue weighted by atomic mass is 10.2. The number of nitrogens with one attached hydrogen (secondary N) is 1. The summed E-state index contributed by atoms with van der Waals surface area (Å²) in [4.78, 5) is 27.9. The van der Waals surface area contributed by atoms with E-state index in [2.05, 4.69) is 20.3 Å². The second kappa shape index (κ2) is 9.03. The van der Waals surface area contributed by atoms with Gasteiger partial charge in [0.05, 0.1) is 23.4 Å². The Kier molecular flexibility index (Phi) is 5.83. The molecule has 0 fully saturated rings. The summed E-state index contributed by atoms with van der Waals surface area (Å²) in [6, 6.07) is 21.2. The van der Waals surface area contributed by atoms with Crippen LogP contribution in [0.25, 0.3) is 10.9 Å². The van der Waals surface area contributed by atoms with Crippen molar-refractivity contribution in [2.75, 3.05) is 11.9 Å². The average molecular weight is 383 g/mol. The Bertz CT molecular complexity index is 1040. The molecular formula is C23H21N5O. The smallest absolute Gasteiger partial charge is 0.238 e. The number of pyridine rings is 3. The van der Waals surface area contributed by atoms with Crippen LogP contribution >= 0.6 is 0 Å². The number of nitrogens with zero attached hydrogens (tertiary/aromatic N) is 4. The molecule has 0 saturated carbocycles. The van der Waals surface area contributed by atoms with Gasteiger partial charge in [-0.25, -0.2) is 0 Å². The summed E-state index contributed by atoms with van der Waals surface area (Å²) in [7, 11) is 0. The molecule has 0 aliphatic heterocycles. The zero-order valence-electron chi connectivity index (χ0n) is 15.9. The zero-order valence-corrected chi connectivity index (χ0v) is 15.9. The van der Waals surface area contributed by atoms with Crippen LogP contribution in [-0.4, -0.2) is 32.3 Å². The number of hydrogen-bond donors (Lipinski definition) is 1. The van der Waals surface area contributed by atoms with Crippen molar-refractivity contribution in [3.8, 4) is 0 Å². The molecule has 0 aliphatic carbocycles. The molecule has 3 aromatic heterocycles. The Balaban J connectivity index is 1.47. The van der Waals surface area contributed by atoms with Gasteiger partial charge in [-0.05, 0) is 42.5 Å². The number of benzene rings is 1. The van der Waals surface area contributed by atoms with Crippen LogP contribution in [-0.2, 0) is 17.9 Å². The molecule has 0 radical (unpaired) electrons. The SMILES string of the molecule is O=C(CN(Cc1ccccn1)Cc1ccccn1)Nc1ccc2cccnc2c1. The Morgan fingerprint density at radius 2 is 1.48 bits per heavy atom. The number of anilines is 1. The summed E-state index contributed by atoms with van der Waals surface area (Å²) in [5.41, 5.74) is 3.40. The van der Waals surface area contributed by atoms with E-state index in [-0.39, 0.29) is 12.5 Å². The molecule has 0 aliphatic rings. The van der Waals surface area contributed by atoms with Gasteiger partial charge in [0.25, 0.3) is 0 Å². The highest BCUT2D eigenvalue weighted by Crippen LogP contribution is 2.17. The van der Waals surface area contributed by atoms with Crippen molar-refractivity contribution in [2.24, 2.45) is 0 Å². The van der Waals surface area contributed by atoms with E-state index < -0.39 is 0 Å². The minimum Gasteiger partial charge on any atom is -0.325 e. The van der Waals surface area contributed by atoms with Gasteiger partial charge in [0.2, 0.25) is 5.91 Å². The monoisotopic (exact) mass is 383 g/mol. The third kappa shape index (κ3) is 5.21. The van der Waals surface area contributed by atoms with Crippen LogP contribution in [0.1, 0.15) is 11.4 Å².